The Bertz CT molecular complexity index is 1020. The van der Waals surface area contributed by atoms with Crippen LogP contribution >= 0.6 is 0 Å². The van der Waals surface area contributed by atoms with Crippen LogP contribution in [-0.4, -0.2) is 29.5 Å². The van der Waals surface area contributed by atoms with Crippen molar-refractivity contribution in [3.8, 4) is 5.75 Å². The average molecular weight is 375 g/mol. The molecule has 0 bridgehead atoms. The molecule has 1 amide bonds. The minimum Gasteiger partial charge on any atom is -0.497 e. The highest BCUT2D eigenvalue weighted by molar-refractivity contribution is 5.98. The summed E-state index contributed by atoms with van der Waals surface area (Å²) in [4.78, 5) is 23.1. The van der Waals surface area contributed by atoms with Crippen LogP contribution in [0.5, 0.6) is 5.75 Å². The smallest absolute Gasteiger partial charge is 0.251 e. The second kappa shape index (κ2) is 7.56. The fraction of sp³-hybridized carbons (Fsp3) is 0.190. The molecule has 1 aliphatic rings. The van der Waals surface area contributed by atoms with E-state index in [1.807, 2.05) is 48.5 Å². The Morgan fingerprint density at radius 2 is 2.11 bits per heavy atom. The molecule has 2 heterocycles. The number of nitrogens with one attached hydrogen (secondary N) is 1. The van der Waals surface area contributed by atoms with Gasteiger partial charge in [-0.3, -0.25) is 4.79 Å². The van der Waals surface area contributed by atoms with Crippen molar-refractivity contribution < 1.29 is 9.53 Å². The van der Waals surface area contributed by atoms with E-state index in [9.17, 15) is 4.79 Å². The average Bonchev–Trinajstić information content (AvgIpc) is 3.16. The molecular weight excluding hydrogens is 354 g/mol. The van der Waals surface area contributed by atoms with Gasteiger partial charge < -0.3 is 20.7 Å². The number of fused-ring (bicyclic) bond motifs is 1. The minimum atomic E-state index is -0.0938. The Hall–Kier alpha value is -3.61. The summed E-state index contributed by atoms with van der Waals surface area (Å²) >= 11 is 0. The third kappa shape index (κ3) is 3.46. The fourth-order valence-electron chi connectivity index (χ4n) is 3.46. The number of aromatic nitrogens is 2. The van der Waals surface area contributed by atoms with E-state index < -0.39 is 0 Å². The number of nitrogen functional groups attached to an aromatic ring is 1. The van der Waals surface area contributed by atoms with Crippen molar-refractivity contribution in [3.05, 3.63) is 71.4 Å². The van der Waals surface area contributed by atoms with Gasteiger partial charge in [-0.15, -0.1) is 0 Å². The predicted molar refractivity (Wildman–Crippen MR) is 108 cm³/mol. The summed E-state index contributed by atoms with van der Waals surface area (Å²) in [5.41, 5.74) is 9.38. The van der Waals surface area contributed by atoms with Gasteiger partial charge in [0.15, 0.2) is 0 Å². The zero-order valence-corrected chi connectivity index (χ0v) is 15.6. The number of ether oxygens (including phenoxy) is 1. The molecule has 0 spiro atoms. The molecule has 4 rings (SSSR count). The van der Waals surface area contributed by atoms with E-state index in [2.05, 4.69) is 20.2 Å². The number of nitrogens with zero attached hydrogens (tertiary/aromatic N) is 3. The molecular formula is C21H21N5O2. The highest BCUT2D eigenvalue weighted by Crippen LogP contribution is 2.35. The van der Waals surface area contributed by atoms with Crippen molar-refractivity contribution in [1.82, 2.24) is 15.3 Å². The lowest BCUT2D eigenvalue weighted by molar-refractivity contribution is 0.0950. The lowest BCUT2D eigenvalue weighted by Crippen LogP contribution is -2.23. The van der Waals surface area contributed by atoms with Crippen molar-refractivity contribution >= 4 is 23.4 Å². The van der Waals surface area contributed by atoms with Crippen LogP contribution in [0.3, 0.4) is 0 Å². The molecule has 2 aromatic carbocycles. The molecule has 7 nitrogen and oxygen atoms in total. The highest BCUT2D eigenvalue weighted by Gasteiger charge is 2.26. The van der Waals surface area contributed by atoms with E-state index in [0.29, 0.717) is 12.1 Å². The highest BCUT2D eigenvalue weighted by atomic mass is 16.5. The van der Waals surface area contributed by atoms with Crippen molar-refractivity contribution in [2.24, 2.45) is 0 Å². The van der Waals surface area contributed by atoms with Gasteiger partial charge >= 0.3 is 0 Å². The number of anilines is 3. The van der Waals surface area contributed by atoms with E-state index in [4.69, 9.17) is 10.5 Å². The van der Waals surface area contributed by atoms with E-state index >= 15 is 0 Å². The summed E-state index contributed by atoms with van der Waals surface area (Å²) in [5.74, 6) is 1.65. The molecule has 0 aliphatic carbocycles. The monoisotopic (exact) mass is 375 g/mol. The number of benzene rings is 2. The first-order valence-electron chi connectivity index (χ1n) is 9.05. The number of rotatable bonds is 5. The van der Waals surface area contributed by atoms with E-state index in [1.165, 1.54) is 0 Å². The van der Waals surface area contributed by atoms with Crippen LogP contribution in [0, 0.1) is 0 Å². The van der Waals surface area contributed by atoms with Crippen molar-refractivity contribution in [2.45, 2.75) is 13.0 Å². The van der Waals surface area contributed by atoms with Crippen LogP contribution in [0.15, 0.2) is 54.7 Å². The predicted octanol–water partition coefficient (Wildman–Crippen LogP) is 2.69. The van der Waals surface area contributed by atoms with Gasteiger partial charge in [-0.05, 0) is 47.9 Å². The van der Waals surface area contributed by atoms with Crippen LogP contribution in [0.25, 0.3) is 0 Å². The van der Waals surface area contributed by atoms with Crippen molar-refractivity contribution in [3.63, 3.8) is 0 Å². The Labute approximate surface area is 163 Å². The molecule has 3 N–H and O–H groups in total. The lowest BCUT2D eigenvalue weighted by Gasteiger charge is -2.18. The first kappa shape index (κ1) is 17.8. The number of nitrogens with two attached hydrogens (primary N) is 1. The van der Waals surface area contributed by atoms with Gasteiger partial charge in [-0.25, -0.2) is 4.98 Å². The Balaban J connectivity index is 1.54. The zero-order valence-electron chi connectivity index (χ0n) is 15.6. The second-order valence-electron chi connectivity index (χ2n) is 6.51. The fourth-order valence-corrected chi connectivity index (χ4v) is 3.46. The van der Waals surface area contributed by atoms with E-state index in [0.717, 1.165) is 41.3 Å². The number of carbonyl (C=O) groups is 1. The van der Waals surface area contributed by atoms with Gasteiger partial charge in [-0.1, -0.05) is 18.2 Å². The van der Waals surface area contributed by atoms with Crippen LogP contribution in [0.4, 0.5) is 17.5 Å². The van der Waals surface area contributed by atoms with Crippen LogP contribution in [-0.2, 0) is 13.0 Å². The standard InChI is InChI=1S/C21H21N5O2/c1-28-15-5-2-4-14(12-15)13-24-20(27)17-6-3-7-18-16(17)9-11-26(18)19-8-10-23-21(22)25-19/h2-8,10,12H,9,11,13H2,1H3,(H,24,27)(H2,22,23,25). The van der Waals surface area contributed by atoms with Gasteiger partial charge in [0.05, 0.1) is 7.11 Å². The van der Waals surface area contributed by atoms with Gasteiger partial charge in [0.25, 0.3) is 5.91 Å². The van der Waals surface area contributed by atoms with Crippen LogP contribution < -0.4 is 20.7 Å². The molecule has 0 unspecified atom stereocenters. The molecule has 7 heteroatoms. The molecule has 0 atom stereocenters. The number of carbonyl (C=O) groups excluding carboxylic acids is 1. The molecule has 1 aromatic heterocycles. The molecule has 28 heavy (non-hydrogen) atoms. The quantitative estimate of drug-likeness (QED) is 0.712. The summed E-state index contributed by atoms with van der Waals surface area (Å²) in [5, 5.41) is 3.00. The number of methoxy groups -OCH3 is 1. The van der Waals surface area contributed by atoms with Crippen molar-refractivity contribution in [2.75, 3.05) is 24.3 Å². The molecule has 142 valence electrons. The first-order valence-corrected chi connectivity index (χ1v) is 9.05. The Kier molecular flexibility index (Phi) is 4.80. The lowest BCUT2D eigenvalue weighted by atomic mass is 10.0. The Morgan fingerprint density at radius 3 is 2.93 bits per heavy atom. The molecule has 0 saturated carbocycles. The van der Waals surface area contributed by atoms with E-state index in [-0.39, 0.29) is 11.9 Å². The van der Waals surface area contributed by atoms with E-state index in [1.54, 1.807) is 13.3 Å². The molecule has 0 saturated heterocycles. The SMILES string of the molecule is COc1cccc(CNC(=O)c2cccc3c2CCN3c2ccnc(N)n2)c1. The van der Waals surface area contributed by atoms with Gasteiger partial charge in [0, 0.05) is 30.5 Å². The molecule has 1 aliphatic heterocycles. The summed E-state index contributed by atoms with van der Waals surface area (Å²) in [6, 6.07) is 15.2. The maximum atomic E-state index is 12.8. The summed E-state index contributed by atoms with van der Waals surface area (Å²) in [7, 11) is 1.63. The van der Waals surface area contributed by atoms with Gasteiger partial charge in [0.2, 0.25) is 5.95 Å². The summed E-state index contributed by atoms with van der Waals surface area (Å²) in [6.07, 6.45) is 2.41. The first-order chi connectivity index (χ1) is 13.7. The zero-order chi connectivity index (χ0) is 19.5. The third-order valence-electron chi connectivity index (χ3n) is 4.80. The number of hydrogen-bond donors (Lipinski definition) is 2. The second-order valence-corrected chi connectivity index (χ2v) is 6.51. The topological polar surface area (TPSA) is 93.4 Å². The van der Waals surface area contributed by atoms with Gasteiger partial charge in [-0.2, -0.15) is 4.98 Å². The Morgan fingerprint density at radius 1 is 1.25 bits per heavy atom. The molecule has 0 fully saturated rings. The summed E-state index contributed by atoms with van der Waals surface area (Å²) in [6.45, 7) is 1.18. The third-order valence-corrected chi connectivity index (χ3v) is 4.80. The van der Waals surface area contributed by atoms with Crippen molar-refractivity contribution in [1.29, 1.82) is 0 Å². The minimum absolute atomic E-state index is 0.0938. The number of amides is 1. The summed E-state index contributed by atoms with van der Waals surface area (Å²) < 4.78 is 5.23. The molecule has 0 radical (unpaired) electrons. The maximum Gasteiger partial charge on any atom is 0.251 e. The van der Waals surface area contributed by atoms with Crippen LogP contribution in [0.1, 0.15) is 21.5 Å². The normalized spacial score (nSPS) is 12.5. The number of hydrogen-bond acceptors (Lipinski definition) is 6. The largest absolute Gasteiger partial charge is 0.497 e. The van der Waals surface area contributed by atoms with Crippen LogP contribution in [0.2, 0.25) is 0 Å². The maximum absolute atomic E-state index is 12.8. The van der Waals surface area contributed by atoms with Gasteiger partial charge in [0.1, 0.15) is 11.6 Å². The molecule has 3 aromatic rings.